The lowest BCUT2D eigenvalue weighted by molar-refractivity contribution is 0.0742. The van der Waals surface area contributed by atoms with Crippen LogP contribution in [0.1, 0.15) is 28.1 Å². The lowest BCUT2D eigenvalue weighted by Gasteiger charge is -2.23. The molecule has 0 spiro atoms. The Morgan fingerprint density at radius 1 is 1.29 bits per heavy atom. The average molecular weight is 301 g/mol. The molecule has 1 aromatic heterocycles. The zero-order valence-electron chi connectivity index (χ0n) is 12.1. The minimum atomic E-state index is 0.0894. The maximum atomic E-state index is 12.8. The fraction of sp³-hybridized carbons (Fsp3) is 0.353. The van der Waals surface area contributed by atoms with Gasteiger partial charge in [0.25, 0.3) is 5.91 Å². The number of benzene rings is 1. The largest absolute Gasteiger partial charge is 0.496 e. The molecule has 0 N–H and O–H groups in total. The predicted molar refractivity (Wildman–Crippen MR) is 85.1 cm³/mol. The Labute approximate surface area is 129 Å². The summed E-state index contributed by atoms with van der Waals surface area (Å²) >= 11 is 1.75. The van der Waals surface area contributed by atoms with Gasteiger partial charge in [0.05, 0.1) is 12.7 Å². The van der Waals surface area contributed by atoms with Gasteiger partial charge >= 0.3 is 0 Å². The third kappa shape index (κ3) is 3.27. The molecule has 0 aliphatic heterocycles. The van der Waals surface area contributed by atoms with Crippen molar-refractivity contribution < 1.29 is 9.53 Å². The van der Waals surface area contributed by atoms with Crippen LogP contribution in [0.3, 0.4) is 0 Å². The van der Waals surface area contributed by atoms with E-state index in [1.807, 2.05) is 29.2 Å². The van der Waals surface area contributed by atoms with Gasteiger partial charge in [0.15, 0.2) is 0 Å². The second-order valence-electron chi connectivity index (χ2n) is 5.26. The molecule has 1 saturated carbocycles. The number of para-hydroxylation sites is 1. The summed E-state index contributed by atoms with van der Waals surface area (Å²) in [5.41, 5.74) is 0.665. The summed E-state index contributed by atoms with van der Waals surface area (Å²) in [7, 11) is 1.61. The third-order valence-corrected chi connectivity index (χ3v) is 4.70. The van der Waals surface area contributed by atoms with Crippen molar-refractivity contribution in [1.82, 2.24) is 4.90 Å². The second kappa shape index (κ2) is 6.31. The van der Waals surface area contributed by atoms with Crippen molar-refractivity contribution in [2.75, 3.05) is 13.7 Å². The Hall–Kier alpha value is -1.81. The molecule has 0 unspecified atom stereocenters. The van der Waals surface area contributed by atoms with Crippen molar-refractivity contribution in [3.05, 3.63) is 52.2 Å². The molecule has 0 radical (unpaired) electrons. The van der Waals surface area contributed by atoms with E-state index in [0.29, 0.717) is 17.4 Å². The number of hydrogen-bond acceptors (Lipinski definition) is 3. The molecule has 110 valence electrons. The third-order valence-electron chi connectivity index (χ3n) is 3.77. The highest BCUT2D eigenvalue weighted by Crippen LogP contribution is 2.30. The zero-order chi connectivity index (χ0) is 14.7. The lowest BCUT2D eigenvalue weighted by Crippen LogP contribution is -2.35. The van der Waals surface area contributed by atoms with E-state index in [0.717, 1.165) is 25.8 Å². The van der Waals surface area contributed by atoms with Gasteiger partial charge < -0.3 is 9.64 Å². The molecule has 21 heavy (non-hydrogen) atoms. The predicted octanol–water partition coefficient (Wildman–Crippen LogP) is 3.60. The molecule has 1 amide bonds. The number of hydrogen-bond donors (Lipinski definition) is 0. The summed E-state index contributed by atoms with van der Waals surface area (Å²) in [6.45, 7) is 0.780. The van der Waals surface area contributed by atoms with Gasteiger partial charge in [-0.2, -0.15) is 0 Å². The highest BCUT2D eigenvalue weighted by atomic mass is 32.1. The smallest absolute Gasteiger partial charge is 0.257 e. The Kier molecular flexibility index (Phi) is 4.25. The first-order valence-corrected chi connectivity index (χ1v) is 8.14. The Morgan fingerprint density at radius 3 is 2.76 bits per heavy atom. The summed E-state index contributed by atoms with van der Waals surface area (Å²) in [4.78, 5) is 16.2. The molecule has 1 aromatic carbocycles. The van der Waals surface area contributed by atoms with Crippen molar-refractivity contribution in [2.24, 2.45) is 0 Å². The summed E-state index contributed by atoms with van der Waals surface area (Å²) in [5.74, 6) is 0.746. The number of thiophene rings is 1. The number of carbonyl (C=O) groups is 1. The molecule has 3 rings (SSSR count). The van der Waals surface area contributed by atoms with Crippen LogP contribution in [0, 0.1) is 0 Å². The number of methoxy groups -OCH3 is 1. The highest BCUT2D eigenvalue weighted by molar-refractivity contribution is 7.09. The van der Waals surface area contributed by atoms with E-state index in [2.05, 4.69) is 17.5 Å². The van der Waals surface area contributed by atoms with E-state index >= 15 is 0 Å². The summed E-state index contributed by atoms with van der Waals surface area (Å²) < 4.78 is 5.32. The molecule has 1 aliphatic rings. The van der Waals surface area contributed by atoms with Gasteiger partial charge in [-0.15, -0.1) is 11.3 Å². The molecule has 4 heteroatoms. The monoisotopic (exact) mass is 301 g/mol. The van der Waals surface area contributed by atoms with Crippen molar-refractivity contribution in [3.63, 3.8) is 0 Å². The molecule has 0 bridgehead atoms. The van der Waals surface area contributed by atoms with Gasteiger partial charge in [-0.25, -0.2) is 0 Å². The molecular formula is C17H19NO2S. The van der Waals surface area contributed by atoms with Crippen LogP contribution >= 0.6 is 11.3 Å². The van der Waals surface area contributed by atoms with Gasteiger partial charge in [0.1, 0.15) is 5.75 Å². The highest BCUT2D eigenvalue weighted by Gasteiger charge is 2.33. The summed E-state index contributed by atoms with van der Waals surface area (Å²) in [6.07, 6.45) is 3.16. The minimum Gasteiger partial charge on any atom is -0.496 e. The number of ether oxygens (including phenoxy) is 1. The molecular weight excluding hydrogens is 282 g/mol. The number of amides is 1. The van der Waals surface area contributed by atoms with Gasteiger partial charge in [-0.05, 0) is 42.8 Å². The van der Waals surface area contributed by atoms with Gasteiger partial charge in [-0.1, -0.05) is 18.2 Å². The molecule has 1 heterocycles. The van der Waals surface area contributed by atoms with E-state index in [4.69, 9.17) is 4.74 Å². The Morgan fingerprint density at radius 2 is 2.10 bits per heavy atom. The number of carbonyl (C=O) groups excluding carboxylic acids is 1. The maximum absolute atomic E-state index is 12.8. The molecule has 1 aliphatic carbocycles. The SMILES string of the molecule is COc1ccccc1C(=O)N(CCc1cccs1)C1CC1. The molecule has 0 atom stereocenters. The van der Waals surface area contributed by atoms with Crippen LogP contribution in [0.15, 0.2) is 41.8 Å². The van der Waals surface area contributed by atoms with Crippen LogP contribution < -0.4 is 4.74 Å². The quantitative estimate of drug-likeness (QED) is 0.816. The van der Waals surface area contributed by atoms with E-state index in [9.17, 15) is 4.79 Å². The molecule has 3 nitrogen and oxygen atoms in total. The average Bonchev–Trinajstić information content (AvgIpc) is 3.22. The van der Waals surface area contributed by atoms with E-state index < -0.39 is 0 Å². The Bertz CT molecular complexity index is 605. The first kappa shape index (κ1) is 14.1. The zero-order valence-corrected chi connectivity index (χ0v) is 12.9. The van der Waals surface area contributed by atoms with Crippen molar-refractivity contribution in [3.8, 4) is 5.75 Å². The van der Waals surface area contributed by atoms with Crippen LogP contribution in [0.4, 0.5) is 0 Å². The van der Waals surface area contributed by atoms with E-state index in [1.54, 1.807) is 18.4 Å². The van der Waals surface area contributed by atoms with Crippen molar-refractivity contribution in [1.29, 1.82) is 0 Å². The second-order valence-corrected chi connectivity index (χ2v) is 6.29. The van der Waals surface area contributed by atoms with Crippen molar-refractivity contribution >= 4 is 17.2 Å². The fourth-order valence-corrected chi connectivity index (χ4v) is 3.20. The van der Waals surface area contributed by atoms with Crippen LogP contribution in [-0.2, 0) is 6.42 Å². The van der Waals surface area contributed by atoms with E-state index in [-0.39, 0.29) is 5.91 Å². The normalized spacial score (nSPS) is 14.0. The number of nitrogens with zero attached hydrogens (tertiary/aromatic N) is 1. The van der Waals surface area contributed by atoms with Crippen LogP contribution in [0.5, 0.6) is 5.75 Å². The number of rotatable bonds is 6. The summed E-state index contributed by atoms with van der Waals surface area (Å²) in [6, 6.07) is 12.1. The maximum Gasteiger partial charge on any atom is 0.257 e. The Balaban J connectivity index is 1.75. The molecule has 1 fully saturated rings. The van der Waals surface area contributed by atoms with Crippen molar-refractivity contribution in [2.45, 2.75) is 25.3 Å². The molecule has 2 aromatic rings. The van der Waals surface area contributed by atoms with E-state index in [1.165, 1.54) is 4.88 Å². The summed E-state index contributed by atoms with van der Waals surface area (Å²) in [5, 5.41) is 2.08. The fourth-order valence-electron chi connectivity index (χ4n) is 2.50. The first-order chi connectivity index (χ1) is 10.3. The standard InChI is InChI=1S/C17H19NO2S/c1-20-16-7-3-2-6-15(16)17(19)18(13-8-9-13)11-10-14-5-4-12-21-14/h2-7,12-13H,8-11H2,1H3. The minimum absolute atomic E-state index is 0.0894. The lowest BCUT2D eigenvalue weighted by atomic mass is 10.1. The first-order valence-electron chi connectivity index (χ1n) is 7.26. The van der Waals surface area contributed by atoms with Gasteiger partial charge in [0, 0.05) is 17.5 Å². The van der Waals surface area contributed by atoms with Gasteiger partial charge in [-0.3, -0.25) is 4.79 Å². The van der Waals surface area contributed by atoms with Crippen LogP contribution in [0.25, 0.3) is 0 Å². The van der Waals surface area contributed by atoms with Crippen LogP contribution in [-0.4, -0.2) is 30.5 Å². The van der Waals surface area contributed by atoms with Crippen LogP contribution in [0.2, 0.25) is 0 Å². The van der Waals surface area contributed by atoms with Gasteiger partial charge in [0.2, 0.25) is 0 Å². The topological polar surface area (TPSA) is 29.5 Å². The molecule has 0 saturated heterocycles.